The number of benzene rings is 1. The molecule has 1 aromatic heterocycles. The first-order valence-electron chi connectivity index (χ1n) is 7.58. The number of hydrogen-bond donors (Lipinski definition) is 1. The molecule has 1 aliphatic rings. The van der Waals surface area contributed by atoms with E-state index in [1.807, 2.05) is 0 Å². The highest BCUT2D eigenvalue weighted by molar-refractivity contribution is 6.30. The van der Waals surface area contributed by atoms with Crippen LogP contribution in [0.4, 0.5) is 0 Å². The van der Waals surface area contributed by atoms with Crippen LogP contribution in [0.2, 0.25) is 5.02 Å². The molecule has 1 N–H and O–H groups in total. The van der Waals surface area contributed by atoms with Crippen LogP contribution < -0.4 is 5.32 Å². The van der Waals surface area contributed by atoms with Gasteiger partial charge in [0.05, 0.1) is 12.0 Å². The fraction of sp³-hybridized carbons (Fsp3) is 0.375. The lowest BCUT2D eigenvalue weighted by Crippen LogP contribution is -2.34. The second-order valence-corrected chi connectivity index (χ2v) is 6.31. The number of rotatable bonds is 4. The van der Waals surface area contributed by atoms with Gasteiger partial charge in [0.25, 0.3) is 5.89 Å². The molecule has 0 saturated carbocycles. The molecule has 3 rings (SSSR count). The van der Waals surface area contributed by atoms with Crippen molar-refractivity contribution in [2.45, 2.75) is 19.4 Å². The Hall–Kier alpha value is -2.41. The molecule has 0 unspecified atom stereocenters. The lowest BCUT2D eigenvalue weighted by molar-refractivity contribution is -0.128. The molecule has 24 heavy (non-hydrogen) atoms. The molecule has 2 amide bonds. The fourth-order valence-corrected chi connectivity index (χ4v) is 2.68. The summed E-state index contributed by atoms with van der Waals surface area (Å²) in [5, 5.41) is 7.36. The van der Waals surface area contributed by atoms with E-state index in [2.05, 4.69) is 15.5 Å². The molecule has 2 atom stereocenters. The number of nitrogens with one attached hydrogen (secondary N) is 1. The maximum atomic E-state index is 12.2. The number of carbonyl (C=O) groups excluding carboxylic acids is 2. The predicted molar refractivity (Wildman–Crippen MR) is 87.0 cm³/mol. The second-order valence-electron chi connectivity index (χ2n) is 5.87. The molecule has 0 bridgehead atoms. The van der Waals surface area contributed by atoms with Gasteiger partial charge in [0.15, 0.2) is 5.82 Å². The summed E-state index contributed by atoms with van der Waals surface area (Å²) >= 11 is 5.85. The number of hydrogen-bond acceptors (Lipinski definition) is 5. The van der Waals surface area contributed by atoms with Gasteiger partial charge in [0.2, 0.25) is 11.8 Å². The van der Waals surface area contributed by atoms with Crippen molar-refractivity contribution < 1.29 is 14.1 Å². The van der Waals surface area contributed by atoms with Crippen molar-refractivity contribution in [2.24, 2.45) is 5.92 Å². The summed E-state index contributed by atoms with van der Waals surface area (Å²) < 4.78 is 5.24. The summed E-state index contributed by atoms with van der Waals surface area (Å²) in [5.74, 6) is 0.197. The van der Waals surface area contributed by atoms with E-state index in [1.165, 1.54) is 0 Å². The Labute approximate surface area is 144 Å². The van der Waals surface area contributed by atoms with Crippen LogP contribution in [-0.2, 0) is 9.59 Å². The highest BCUT2D eigenvalue weighted by Crippen LogP contribution is 2.22. The molecule has 0 radical (unpaired) electrons. The number of halogens is 1. The van der Waals surface area contributed by atoms with Gasteiger partial charge in [-0.05, 0) is 31.2 Å². The molecule has 126 valence electrons. The first-order valence-corrected chi connectivity index (χ1v) is 7.95. The highest BCUT2D eigenvalue weighted by Gasteiger charge is 2.33. The number of aromatic nitrogens is 2. The Morgan fingerprint density at radius 3 is 2.75 bits per heavy atom. The number of nitrogens with zero attached hydrogens (tertiary/aromatic N) is 3. The standard InChI is InChI=1S/C16H17ClN4O3/c1-9(18-15(23)11-7-13(22)21(2)8-11)14-19-16(24-20-14)10-3-5-12(17)6-4-10/h3-6,9,11H,7-8H2,1-2H3,(H,18,23)/t9-,11-/m1/s1. The topological polar surface area (TPSA) is 88.3 Å². The Balaban J connectivity index is 1.65. The van der Waals surface area contributed by atoms with E-state index < -0.39 is 6.04 Å². The van der Waals surface area contributed by atoms with Crippen molar-refractivity contribution >= 4 is 23.4 Å². The number of amides is 2. The Kier molecular flexibility index (Phi) is 4.53. The van der Waals surface area contributed by atoms with E-state index in [9.17, 15) is 9.59 Å². The molecular formula is C16H17ClN4O3. The van der Waals surface area contributed by atoms with E-state index in [0.717, 1.165) is 5.56 Å². The van der Waals surface area contributed by atoms with Crippen molar-refractivity contribution in [1.82, 2.24) is 20.4 Å². The maximum absolute atomic E-state index is 12.2. The highest BCUT2D eigenvalue weighted by atomic mass is 35.5. The van der Waals surface area contributed by atoms with Crippen LogP contribution in [0.3, 0.4) is 0 Å². The summed E-state index contributed by atoms with van der Waals surface area (Å²) in [4.78, 5) is 29.6. The van der Waals surface area contributed by atoms with Gasteiger partial charge >= 0.3 is 0 Å². The molecule has 1 fully saturated rings. The molecule has 1 aliphatic heterocycles. The third kappa shape index (κ3) is 3.41. The largest absolute Gasteiger partial charge is 0.346 e. The third-order valence-corrected chi connectivity index (χ3v) is 4.24. The maximum Gasteiger partial charge on any atom is 0.257 e. The van der Waals surface area contributed by atoms with Gasteiger partial charge in [-0.3, -0.25) is 9.59 Å². The van der Waals surface area contributed by atoms with Crippen LogP contribution in [0.15, 0.2) is 28.8 Å². The Morgan fingerprint density at radius 2 is 2.12 bits per heavy atom. The average molecular weight is 349 g/mol. The monoisotopic (exact) mass is 348 g/mol. The summed E-state index contributed by atoms with van der Waals surface area (Å²) in [7, 11) is 1.69. The molecule has 2 aromatic rings. The van der Waals surface area contributed by atoms with E-state index in [0.29, 0.717) is 23.3 Å². The fourth-order valence-electron chi connectivity index (χ4n) is 2.56. The van der Waals surface area contributed by atoms with Gasteiger partial charge in [0.1, 0.15) is 0 Å². The average Bonchev–Trinajstić information content (AvgIpc) is 3.16. The zero-order chi connectivity index (χ0) is 17.3. The van der Waals surface area contributed by atoms with Gasteiger partial charge in [-0.1, -0.05) is 16.8 Å². The summed E-state index contributed by atoms with van der Waals surface area (Å²) in [6.45, 7) is 2.20. The molecular weight excluding hydrogens is 332 g/mol. The number of likely N-dealkylation sites (tertiary alicyclic amines) is 1. The lowest BCUT2D eigenvalue weighted by Gasteiger charge is -2.14. The van der Waals surface area contributed by atoms with Crippen LogP contribution in [0.1, 0.15) is 25.2 Å². The van der Waals surface area contributed by atoms with Crippen LogP contribution in [0.5, 0.6) is 0 Å². The van der Waals surface area contributed by atoms with Crippen LogP contribution >= 0.6 is 11.6 Å². The summed E-state index contributed by atoms with van der Waals surface area (Å²) in [6, 6.07) is 6.62. The van der Waals surface area contributed by atoms with Crippen LogP contribution in [0.25, 0.3) is 11.5 Å². The molecule has 0 spiro atoms. The minimum atomic E-state index is -0.414. The smallest absolute Gasteiger partial charge is 0.257 e. The van der Waals surface area contributed by atoms with Gasteiger partial charge in [-0.25, -0.2) is 0 Å². The third-order valence-electron chi connectivity index (χ3n) is 3.99. The van der Waals surface area contributed by atoms with Gasteiger partial charge in [-0.2, -0.15) is 4.98 Å². The van der Waals surface area contributed by atoms with E-state index in [4.69, 9.17) is 16.1 Å². The van der Waals surface area contributed by atoms with Crippen LogP contribution in [0, 0.1) is 5.92 Å². The molecule has 7 nitrogen and oxygen atoms in total. The minimum absolute atomic E-state index is 0.0209. The molecule has 0 aliphatic carbocycles. The first-order chi connectivity index (χ1) is 11.4. The zero-order valence-corrected chi connectivity index (χ0v) is 14.1. The van der Waals surface area contributed by atoms with Gasteiger partial charge < -0.3 is 14.7 Å². The molecule has 2 heterocycles. The summed E-state index contributed by atoms with van der Waals surface area (Å²) in [6.07, 6.45) is 0.233. The normalized spacial score (nSPS) is 18.7. The van der Waals surface area contributed by atoms with Crippen molar-refractivity contribution in [3.05, 3.63) is 35.1 Å². The Bertz CT molecular complexity index is 759. The van der Waals surface area contributed by atoms with E-state index >= 15 is 0 Å². The van der Waals surface area contributed by atoms with Crippen LogP contribution in [-0.4, -0.2) is 40.4 Å². The zero-order valence-electron chi connectivity index (χ0n) is 13.3. The van der Waals surface area contributed by atoms with Crippen molar-refractivity contribution in [3.63, 3.8) is 0 Å². The van der Waals surface area contributed by atoms with Gasteiger partial charge in [0, 0.05) is 30.6 Å². The van der Waals surface area contributed by atoms with Crippen molar-refractivity contribution in [3.8, 4) is 11.5 Å². The first kappa shape index (κ1) is 16.4. The van der Waals surface area contributed by atoms with Crippen molar-refractivity contribution in [2.75, 3.05) is 13.6 Å². The van der Waals surface area contributed by atoms with E-state index in [-0.39, 0.29) is 24.2 Å². The van der Waals surface area contributed by atoms with E-state index in [1.54, 1.807) is 43.1 Å². The number of carbonyl (C=O) groups is 2. The molecule has 1 saturated heterocycles. The quantitative estimate of drug-likeness (QED) is 0.913. The second kappa shape index (κ2) is 6.60. The predicted octanol–water partition coefficient (Wildman–Crippen LogP) is 2.05. The Morgan fingerprint density at radius 1 is 1.42 bits per heavy atom. The van der Waals surface area contributed by atoms with Gasteiger partial charge in [-0.15, -0.1) is 0 Å². The molecule has 1 aromatic carbocycles. The minimum Gasteiger partial charge on any atom is -0.346 e. The SMILES string of the molecule is C[C@@H](NC(=O)[C@@H]1CC(=O)N(C)C1)c1noc(-c2ccc(Cl)cc2)n1. The van der Waals surface area contributed by atoms with Crippen molar-refractivity contribution in [1.29, 1.82) is 0 Å². The molecule has 8 heteroatoms. The summed E-state index contributed by atoms with van der Waals surface area (Å²) in [5.41, 5.74) is 0.750. The lowest BCUT2D eigenvalue weighted by atomic mass is 10.1.